The fourth-order valence-corrected chi connectivity index (χ4v) is 1.82. The summed E-state index contributed by atoms with van der Waals surface area (Å²) in [7, 11) is 0. The van der Waals surface area contributed by atoms with Gasteiger partial charge >= 0.3 is 0 Å². The summed E-state index contributed by atoms with van der Waals surface area (Å²) < 4.78 is 0. The van der Waals surface area contributed by atoms with Crippen molar-refractivity contribution in [1.29, 1.82) is 0 Å². The third-order valence-electron chi connectivity index (χ3n) is 2.49. The number of anilines is 1. The number of benzene rings is 1. The Hall–Kier alpha value is -1.02. The molecule has 0 radical (unpaired) electrons. The lowest BCUT2D eigenvalue weighted by molar-refractivity contribution is 0.159. The molecule has 2 nitrogen and oxygen atoms in total. The van der Waals surface area contributed by atoms with Crippen molar-refractivity contribution in [2.45, 2.75) is 25.4 Å². The number of nitrogens with two attached hydrogens (primary N) is 1. The molecule has 1 aliphatic carbocycles. The smallest absolute Gasteiger partial charge is 0.0583 e. The Morgan fingerprint density at radius 2 is 2.25 bits per heavy atom. The third kappa shape index (κ3) is 1.18. The highest BCUT2D eigenvalue weighted by molar-refractivity contribution is 5.52. The summed E-state index contributed by atoms with van der Waals surface area (Å²) in [6.45, 7) is 0. The van der Waals surface area contributed by atoms with E-state index in [1.54, 1.807) is 0 Å². The molecule has 0 aromatic heterocycles. The van der Waals surface area contributed by atoms with Crippen molar-refractivity contribution in [3.63, 3.8) is 0 Å². The van der Waals surface area contributed by atoms with Gasteiger partial charge in [-0.15, -0.1) is 0 Å². The van der Waals surface area contributed by atoms with Crippen LogP contribution in [-0.4, -0.2) is 11.2 Å². The van der Waals surface area contributed by atoms with E-state index >= 15 is 0 Å². The Balaban J connectivity index is 2.42. The molecule has 12 heavy (non-hydrogen) atoms. The average Bonchev–Trinajstić information content (AvgIpc) is 2.04. The van der Waals surface area contributed by atoms with Gasteiger partial charge < -0.3 is 10.8 Å². The second kappa shape index (κ2) is 2.79. The van der Waals surface area contributed by atoms with Crippen LogP contribution in [0.25, 0.3) is 0 Å². The molecule has 0 spiro atoms. The predicted octanol–water partition coefficient (Wildman–Crippen LogP) is 1.12. The average molecular weight is 163 g/mol. The minimum atomic E-state index is -0.167. The quantitative estimate of drug-likeness (QED) is 0.563. The summed E-state index contributed by atoms with van der Waals surface area (Å²) in [5.41, 5.74) is 9.13. The second-order valence-corrected chi connectivity index (χ2v) is 3.38. The number of hydrogen-bond donors (Lipinski definition) is 2. The molecule has 0 heterocycles. The van der Waals surface area contributed by atoms with Crippen LogP contribution in [-0.2, 0) is 12.8 Å². The number of nitrogen functional groups attached to an aromatic ring is 1. The second-order valence-electron chi connectivity index (χ2n) is 3.38. The predicted molar refractivity (Wildman–Crippen MR) is 48.9 cm³/mol. The van der Waals surface area contributed by atoms with Crippen molar-refractivity contribution in [3.8, 4) is 0 Å². The molecule has 64 valence electrons. The van der Waals surface area contributed by atoms with E-state index in [1.165, 1.54) is 11.1 Å². The molecule has 0 saturated heterocycles. The van der Waals surface area contributed by atoms with Crippen LogP contribution in [0.3, 0.4) is 0 Å². The minimum Gasteiger partial charge on any atom is -0.398 e. The van der Waals surface area contributed by atoms with Gasteiger partial charge in [0.15, 0.2) is 0 Å². The molecule has 0 bridgehead atoms. The lowest BCUT2D eigenvalue weighted by Crippen LogP contribution is -2.19. The molecule has 0 amide bonds. The molecule has 1 aliphatic rings. The minimum absolute atomic E-state index is 0.167. The van der Waals surface area contributed by atoms with Crippen LogP contribution in [0, 0.1) is 0 Å². The highest BCUT2D eigenvalue weighted by atomic mass is 16.3. The third-order valence-corrected chi connectivity index (χ3v) is 2.49. The number of aliphatic hydroxyl groups excluding tert-OH is 1. The van der Waals surface area contributed by atoms with Gasteiger partial charge in [0, 0.05) is 5.69 Å². The maximum Gasteiger partial charge on any atom is 0.0583 e. The van der Waals surface area contributed by atoms with E-state index in [2.05, 4.69) is 0 Å². The Morgan fingerprint density at radius 3 is 3.08 bits per heavy atom. The molecule has 2 heteroatoms. The number of aliphatic hydroxyl groups is 1. The van der Waals surface area contributed by atoms with Gasteiger partial charge in [-0.3, -0.25) is 0 Å². The fraction of sp³-hybridized carbons (Fsp3) is 0.400. The lowest BCUT2D eigenvalue weighted by atomic mass is 9.89. The van der Waals surface area contributed by atoms with E-state index in [0.717, 1.165) is 24.9 Å². The topological polar surface area (TPSA) is 46.2 Å². The standard InChI is InChI=1S/C10H13NO/c11-10-3-1-2-7-6-8(12)4-5-9(7)10/h1-3,8,12H,4-6,11H2/t8-/m1/s1. The molecule has 0 aliphatic heterocycles. The van der Waals surface area contributed by atoms with Gasteiger partial charge in [-0.05, 0) is 36.5 Å². The Kier molecular flexibility index (Phi) is 1.77. The highest BCUT2D eigenvalue weighted by Crippen LogP contribution is 2.25. The number of rotatable bonds is 0. The van der Waals surface area contributed by atoms with E-state index in [-0.39, 0.29) is 6.10 Å². The molecule has 0 saturated carbocycles. The van der Waals surface area contributed by atoms with Crippen LogP contribution >= 0.6 is 0 Å². The zero-order valence-corrected chi connectivity index (χ0v) is 6.96. The van der Waals surface area contributed by atoms with E-state index in [4.69, 9.17) is 5.73 Å². The molecule has 1 aromatic rings. The SMILES string of the molecule is Nc1cccc2c1CC[C@@H](O)C2. The maximum atomic E-state index is 9.41. The first-order valence-corrected chi connectivity index (χ1v) is 4.31. The highest BCUT2D eigenvalue weighted by Gasteiger charge is 2.17. The molecule has 1 aromatic carbocycles. The first kappa shape index (κ1) is 7.62. The number of hydrogen-bond acceptors (Lipinski definition) is 2. The van der Waals surface area contributed by atoms with Crippen molar-refractivity contribution in [3.05, 3.63) is 29.3 Å². The Labute approximate surface area is 72.0 Å². The van der Waals surface area contributed by atoms with Gasteiger partial charge in [-0.2, -0.15) is 0 Å². The van der Waals surface area contributed by atoms with Crippen molar-refractivity contribution in [2.24, 2.45) is 0 Å². The zero-order chi connectivity index (χ0) is 8.55. The van der Waals surface area contributed by atoms with Gasteiger partial charge in [0.2, 0.25) is 0 Å². The Bertz CT molecular complexity index is 296. The van der Waals surface area contributed by atoms with Crippen molar-refractivity contribution in [2.75, 3.05) is 5.73 Å². The fourth-order valence-electron chi connectivity index (χ4n) is 1.82. The summed E-state index contributed by atoms with van der Waals surface area (Å²) in [5, 5.41) is 9.41. The van der Waals surface area contributed by atoms with Crippen LogP contribution in [0.5, 0.6) is 0 Å². The van der Waals surface area contributed by atoms with Crippen LogP contribution in [0.15, 0.2) is 18.2 Å². The normalized spacial score (nSPS) is 21.9. The zero-order valence-electron chi connectivity index (χ0n) is 6.96. The molecule has 1 atom stereocenters. The van der Waals surface area contributed by atoms with E-state index in [9.17, 15) is 5.11 Å². The van der Waals surface area contributed by atoms with Crippen LogP contribution < -0.4 is 5.73 Å². The van der Waals surface area contributed by atoms with Crippen LogP contribution in [0.4, 0.5) is 5.69 Å². The van der Waals surface area contributed by atoms with Gasteiger partial charge in [-0.25, -0.2) is 0 Å². The molecule has 2 rings (SSSR count). The summed E-state index contributed by atoms with van der Waals surface area (Å²) in [6.07, 6.45) is 2.37. The summed E-state index contributed by atoms with van der Waals surface area (Å²) in [6, 6.07) is 5.93. The Morgan fingerprint density at radius 1 is 1.42 bits per heavy atom. The molecule has 0 fully saturated rings. The van der Waals surface area contributed by atoms with Gasteiger partial charge in [-0.1, -0.05) is 12.1 Å². The molecule has 3 N–H and O–H groups in total. The van der Waals surface area contributed by atoms with Gasteiger partial charge in [0.25, 0.3) is 0 Å². The summed E-state index contributed by atoms with van der Waals surface area (Å²) >= 11 is 0. The van der Waals surface area contributed by atoms with Gasteiger partial charge in [0.1, 0.15) is 0 Å². The maximum absolute atomic E-state index is 9.41. The lowest BCUT2D eigenvalue weighted by Gasteiger charge is -2.21. The van der Waals surface area contributed by atoms with E-state index < -0.39 is 0 Å². The van der Waals surface area contributed by atoms with E-state index in [1.807, 2.05) is 18.2 Å². The van der Waals surface area contributed by atoms with Crippen molar-refractivity contribution < 1.29 is 5.11 Å². The molecular weight excluding hydrogens is 150 g/mol. The first-order valence-electron chi connectivity index (χ1n) is 4.31. The van der Waals surface area contributed by atoms with Crippen molar-refractivity contribution in [1.82, 2.24) is 0 Å². The summed E-state index contributed by atoms with van der Waals surface area (Å²) in [5.74, 6) is 0. The van der Waals surface area contributed by atoms with Crippen LogP contribution in [0.1, 0.15) is 17.5 Å². The van der Waals surface area contributed by atoms with Crippen LogP contribution in [0.2, 0.25) is 0 Å². The molecular formula is C10H13NO. The monoisotopic (exact) mass is 163 g/mol. The first-order chi connectivity index (χ1) is 5.77. The summed E-state index contributed by atoms with van der Waals surface area (Å²) in [4.78, 5) is 0. The largest absolute Gasteiger partial charge is 0.398 e. The number of fused-ring (bicyclic) bond motifs is 1. The van der Waals surface area contributed by atoms with E-state index in [0.29, 0.717) is 0 Å². The molecule has 0 unspecified atom stereocenters. The van der Waals surface area contributed by atoms with Crippen molar-refractivity contribution >= 4 is 5.69 Å². The van der Waals surface area contributed by atoms with Gasteiger partial charge in [0.05, 0.1) is 6.10 Å².